The Kier molecular flexibility index (Phi) is 4.45. The normalized spacial score (nSPS) is 20.4. The third-order valence-electron chi connectivity index (χ3n) is 2.95. The minimum atomic E-state index is 0.330. The number of methoxy groups -OCH3 is 1. The van der Waals surface area contributed by atoms with Gasteiger partial charge in [-0.25, -0.2) is 4.98 Å². The molecule has 2 heterocycles. The fourth-order valence-electron chi connectivity index (χ4n) is 2.05. The smallest absolute Gasteiger partial charge is 0.232 e. The van der Waals surface area contributed by atoms with Crippen LogP contribution in [0.15, 0.2) is 10.7 Å². The molecule has 94 valence electrons. The van der Waals surface area contributed by atoms with Crippen molar-refractivity contribution in [3.63, 3.8) is 0 Å². The zero-order chi connectivity index (χ0) is 12.3. The maximum Gasteiger partial charge on any atom is 0.232 e. The number of alkyl halides is 1. The van der Waals surface area contributed by atoms with E-state index in [1.54, 1.807) is 13.3 Å². The first-order valence-corrected chi connectivity index (χ1v) is 6.98. The van der Waals surface area contributed by atoms with Crippen LogP contribution in [0.3, 0.4) is 0 Å². The Morgan fingerprint density at radius 1 is 1.59 bits per heavy atom. The number of piperidine rings is 1. The molecule has 6 heteroatoms. The van der Waals surface area contributed by atoms with Crippen molar-refractivity contribution in [2.75, 3.05) is 24.4 Å². The molecule has 0 amide bonds. The van der Waals surface area contributed by atoms with Crippen molar-refractivity contribution in [3.8, 4) is 5.88 Å². The molecule has 0 aliphatic carbocycles. The van der Waals surface area contributed by atoms with Crippen LogP contribution >= 0.6 is 27.5 Å². The highest BCUT2D eigenvalue weighted by Crippen LogP contribution is 2.27. The van der Waals surface area contributed by atoms with Gasteiger partial charge < -0.3 is 9.64 Å². The topological polar surface area (TPSA) is 38.2 Å². The van der Waals surface area contributed by atoms with Gasteiger partial charge in [0.05, 0.1) is 17.8 Å². The first kappa shape index (κ1) is 12.9. The van der Waals surface area contributed by atoms with Gasteiger partial charge in [0.25, 0.3) is 0 Å². The summed E-state index contributed by atoms with van der Waals surface area (Å²) in [5.74, 6) is 1.88. The minimum absolute atomic E-state index is 0.330. The zero-order valence-corrected chi connectivity index (χ0v) is 12.0. The number of nitrogens with zero attached hydrogens (tertiary/aromatic N) is 3. The van der Waals surface area contributed by atoms with Gasteiger partial charge in [-0.1, -0.05) is 0 Å². The van der Waals surface area contributed by atoms with Crippen molar-refractivity contribution in [1.82, 2.24) is 9.97 Å². The van der Waals surface area contributed by atoms with Crippen LogP contribution in [0.2, 0.25) is 0 Å². The van der Waals surface area contributed by atoms with Crippen LogP contribution in [0.1, 0.15) is 19.3 Å². The molecule has 1 aromatic rings. The number of ether oxygens (including phenoxy) is 1. The molecule has 2 rings (SSSR count). The molecule has 0 bridgehead atoms. The molecule has 1 unspecified atom stereocenters. The monoisotopic (exact) mass is 319 g/mol. The molecule has 1 aromatic heterocycles. The Morgan fingerprint density at radius 3 is 3.12 bits per heavy atom. The van der Waals surface area contributed by atoms with Crippen LogP contribution in [-0.4, -0.2) is 35.5 Å². The average Bonchev–Trinajstić information content (AvgIpc) is 2.39. The lowest BCUT2D eigenvalue weighted by molar-refractivity contribution is 0.391. The minimum Gasteiger partial charge on any atom is -0.480 e. The molecule has 0 N–H and O–H groups in total. The van der Waals surface area contributed by atoms with Crippen molar-refractivity contribution in [1.29, 1.82) is 0 Å². The van der Waals surface area contributed by atoms with Gasteiger partial charge >= 0.3 is 0 Å². The number of halogens is 2. The van der Waals surface area contributed by atoms with Gasteiger partial charge in [-0.15, -0.1) is 11.6 Å². The molecular formula is C11H15BrClN3O. The Balaban J connectivity index is 2.25. The zero-order valence-electron chi connectivity index (χ0n) is 9.70. The summed E-state index contributed by atoms with van der Waals surface area (Å²) in [6, 6.07) is 0.330. The van der Waals surface area contributed by atoms with E-state index in [0.717, 1.165) is 23.9 Å². The summed E-state index contributed by atoms with van der Waals surface area (Å²) in [4.78, 5) is 10.9. The molecule has 1 aliphatic rings. The summed E-state index contributed by atoms with van der Waals surface area (Å²) < 4.78 is 5.95. The van der Waals surface area contributed by atoms with E-state index in [9.17, 15) is 0 Å². The van der Waals surface area contributed by atoms with Crippen LogP contribution in [0.5, 0.6) is 5.88 Å². The molecular weight excluding hydrogens is 305 g/mol. The summed E-state index contributed by atoms with van der Waals surface area (Å²) in [5, 5.41) is 0. The number of anilines is 1. The van der Waals surface area contributed by atoms with E-state index in [0.29, 0.717) is 23.8 Å². The maximum absolute atomic E-state index is 5.99. The lowest BCUT2D eigenvalue weighted by Crippen LogP contribution is -2.41. The molecule has 0 radical (unpaired) electrons. The molecule has 4 nitrogen and oxygen atoms in total. The second-order valence-corrected chi connectivity index (χ2v) is 5.19. The molecule has 17 heavy (non-hydrogen) atoms. The first-order chi connectivity index (χ1) is 8.26. The standard InChI is InChI=1S/C11H15BrClN3O/c1-17-10-9(12)7-14-11(15-10)16-5-3-2-4-8(16)6-13/h7-8H,2-6H2,1H3. The lowest BCUT2D eigenvalue weighted by atomic mass is 10.0. The molecule has 1 saturated heterocycles. The van der Waals surface area contributed by atoms with E-state index < -0.39 is 0 Å². The van der Waals surface area contributed by atoms with Crippen LogP contribution < -0.4 is 9.64 Å². The Bertz CT molecular complexity index is 391. The second kappa shape index (κ2) is 5.87. The maximum atomic E-state index is 5.99. The fraction of sp³-hybridized carbons (Fsp3) is 0.636. The Morgan fingerprint density at radius 2 is 2.41 bits per heavy atom. The van der Waals surface area contributed by atoms with Gasteiger partial charge in [0.2, 0.25) is 11.8 Å². The predicted octanol–water partition coefficient (Wildman–Crippen LogP) is 2.85. The average molecular weight is 321 g/mol. The Labute approximate surface area is 114 Å². The third kappa shape index (κ3) is 2.83. The van der Waals surface area contributed by atoms with Gasteiger partial charge in [-0.2, -0.15) is 4.98 Å². The number of hydrogen-bond donors (Lipinski definition) is 0. The van der Waals surface area contributed by atoms with Crippen LogP contribution in [0, 0.1) is 0 Å². The van der Waals surface area contributed by atoms with Gasteiger partial charge in [0, 0.05) is 18.5 Å². The van der Waals surface area contributed by atoms with Crippen molar-refractivity contribution in [2.45, 2.75) is 25.3 Å². The van der Waals surface area contributed by atoms with Gasteiger partial charge in [0.15, 0.2) is 0 Å². The van der Waals surface area contributed by atoms with Crippen LogP contribution in [0.25, 0.3) is 0 Å². The van der Waals surface area contributed by atoms with Gasteiger partial charge in [0.1, 0.15) is 0 Å². The van der Waals surface area contributed by atoms with Crippen molar-refractivity contribution in [3.05, 3.63) is 10.7 Å². The van der Waals surface area contributed by atoms with E-state index in [1.807, 2.05) is 0 Å². The highest BCUT2D eigenvalue weighted by atomic mass is 79.9. The summed E-state index contributed by atoms with van der Waals surface area (Å²) in [5.41, 5.74) is 0. The molecule has 1 atom stereocenters. The second-order valence-electron chi connectivity index (χ2n) is 4.02. The summed E-state index contributed by atoms with van der Waals surface area (Å²) in [7, 11) is 1.60. The van der Waals surface area contributed by atoms with Crippen molar-refractivity contribution < 1.29 is 4.74 Å². The van der Waals surface area contributed by atoms with E-state index >= 15 is 0 Å². The van der Waals surface area contributed by atoms with E-state index in [4.69, 9.17) is 16.3 Å². The van der Waals surface area contributed by atoms with Crippen molar-refractivity contribution >= 4 is 33.5 Å². The largest absolute Gasteiger partial charge is 0.480 e. The van der Waals surface area contributed by atoms with Gasteiger partial charge in [-0.3, -0.25) is 0 Å². The third-order valence-corrected chi connectivity index (χ3v) is 3.85. The molecule has 0 aromatic carbocycles. The highest BCUT2D eigenvalue weighted by molar-refractivity contribution is 9.10. The molecule has 0 spiro atoms. The summed E-state index contributed by atoms with van der Waals surface area (Å²) in [6.07, 6.45) is 5.21. The lowest BCUT2D eigenvalue weighted by Gasteiger charge is -2.34. The van der Waals surface area contributed by atoms with E-state index in [-0.39, 0.29) is 0 Å². The van der Waals surface area contributed by atoms with E-state index in [1.165, 1.54) is 6.42 Å². The fourth-order valence-corrected chi connectivity index (χ4v) is 2.72. The van der Waals surface area contributed by atoms with Crippen LogP contribution in [-0.2, 0) is 0 Å². The number of aromatic nitrogens is 2. The van der Waals surface area contributed by atoms with Gasteiger partial charge in [-0.05, 0) is 35.2 Å². The highest BCUT2D eigenvalue weighted by Gasteiger charge is 2.24. The molecule has 0 saturated carbocycles. The Hall–Kier alpha value is -0.550. The predicted molar refractivity (Wildman–Crippen MR) is 72.0 cm³/mol. The van der Waals surface area contributed by atoms with Crippen LogP contribution in [0.4, 0.5) is 5.95 Å². The number of rotatable bonds is 3. The molecule has 1 fully saturated rings. The summed E-state index contributed by atoms with van der Waals surface area (Å²) in [6.45, 7) is 0.960. The number of hydrogen-bond acceptors (Lipinski definition) is 4. The quantitative estimate of drug-likeness (QED) is 0.803. The SMILES string of the molecule is COc1nc(N2CCCCC2CCl)ncc1Br. The first-order valence-electron chi connectivity index (χ1n) is 5.65. The van der Waals surface area contributed by atoms with E-state index in [2.05, 4.69) is 30.8 Å². The molecule has 1 aliphatic heterocycles. The van der Waals surface area contributed by atoms with Crippen molar-refractivity contribution in [2.24, 2.45) is 0 Å². The summed E-state index contributed by atoms with van der Waals surface area (Å²) >= 11 is 9.34.